The number of carbonyl (C=O) groups is 1. The summed E-state index contributed by atoms with van der Waals surface area (Å²) in [5.41, 5.74) is 1.14. The van der Waals surface area contributed by atoms with Crippen LogP contribution in [0.3, 0.4) is 0 Å². The number of nitrogens with zero attached hydrogens (tertiary/aromatic N) is 3. The van der Waals surface area contributed by atoms with Crippen molar-refractivity contribution in [3.63, 3.8) is 0 Å². The van der Waals surface area contributed by atoms with Crippen LogP contribution in [0.4, 0.5) is 5.69 Å². The van der Waals surface area contributed by atoms with Crippen molar-refractivity contribution in [3.8, 4) is 11.5 Å². The Morgan fingerprint density at radius 3 is 2.46 bits per heavy atom. The van der Waals surface area contributed by atoms with Crippen LogP contribution in [0.25, 0.3) is 0 Å². The number of carbonyl (C=O) groups excluding carboxylic acids is 1. The molecule has 1 aromatic carbocycles. The van der Waals surface area contributed by atoms with Crippen molar-refractivity contribution in [2.75, 3.05) is 37.7 Å². The van der Waals surface area contributed by atoms with E-state index in [1.54, 1.807) is 12.4 Å². The molecule has 2 aromatic rings. The fourth-order valence-corrected chi connectivity index (χ4v) is 3.08. The third-order valence-corrected chi connectivity index (χ3v) is 4.40. The lowest BCUT2D eigenvalue weighted by Gasteiger charge is -2.38. The number of benzene rings is 1. The summed E-state index contributed by atoms with van der Waals surface area (Å²) >= 11 is 0. The number of hydrogen-bond donors (Lipinski definition) is 0. The lowest BCUT2D eigenvalue weighted by atomic mass is 10.2. The van der Waals surface area contributed by atoms with Crippen LogP contribution in [0.15, 0.2) is 48.8 Å². The molecule has 1 saturated heterocycles. The average Bonchev–Trinajstić information content (AvgIpc) is 2.68. The highest BCUT2D eigenvalue weighted by atomic mass is 16.6. The van der Waals surface area contributed by atoms with Crippen molar-refractivity contribution < 1.29 is 14.3 Å². The molecule has 2 aliphatic rings. The molecule has 1 unspecified atom stereocenters. The van der Waals surface area contributed by atoms with E-state index in [0.717, 1.165) is 18.8 Å². The minimum Gasteiger partial charge on any atom is -0.485 e. The molecule has 3 heterocycles. The molecular formula is C18H19N3O3. The molecule has 0 aliphatic carbocycles. The summed E-state index contributed by atoms with van der Waals surface area (Å²) in [6.07, 6.45) is 3.02. The predicted molar refractivity (Wildman–Crippen MR) is 89.4 cm³/mol. The number of fused-ring (bicyclic) bond motifs is 1. The maximum atomic E-state index is 12.7. The first-order valence-corrected chi connectivity index (χ1v) is 8.13. The van der Waals surface area contributed by atoms with E-state index < -0.39 is 6.10 Å². The van der Waals surface area contributed by atoms with Crippen LogP contribution >= 0.6 is 0 Å². The first-order chi connectivity index (χ1) is 11.8. The fraction of sp³-hybridized carbons (Fsp3) is 0.333. The SMILES string of the molecule is O=C(C1COc2ccccc2O1)N1CCN(c2ccncc2)CC1. The quantitative estimate of drug-likeness (QED) is 0.839. The lowest BCUT2D eigenvalue weighted by molar-refractivity contribution is -0.141. The zero-order valence-electron chi connectivity index (χ0n) is 13.3. The Bertz CT molecular complexity index is 714. The molecule has 1 fully saturated rings. The van der Waals surface area contributed by atoms with Crippen LogP contribution < -0.4 is 14.4 Å². The summed E-state index contributed by atoms with van der Waals surface area (Å²) in [5, 5.41) is 0. The van der Waals surface area contributed by atoms with Crippen molar-refractivity contribution >= 4 is 11.6 Å². The highest BCUT2D eigenvalue weighted by Crippen LogP contribution is 2.31. The Morgan fingerprint density at radius 1 is 1.00 bits per heavy atom. The van der Waals surface area contributed by atoms with Gasteiger partial charge >= 0.3 is 0 Å². The van der Waals surface area contributed by atoms with E-state index >= 15 is 0 Å². The summed E-state index contributed by atoms with van der Waals surface area (Å²) in [4.78, 5) is 20.9. The Labute approximate surface area is 140 Å². The molecule has 6 heteroatoms. The lowest BCUT2D eigenvalue weighted by Crippen LogP contribution is -2.54. The van der Waals surface area contributed by atoms with Crippen LogP contribution in [-0.4, -0.2) is 54.7 Å². The molecule has 4 rings (SSSR count). The summed E-state index contributed by atoms with van der Waals surface area (Å²) < 4.78 is 11.5. The molecule has 124 valence electrons. The summed E-state index contributed by atoms with van der Waals surface area (Å²) in [5.74, 6) is 1.33. The smallest absolute Gasteiger partial charge is 0.267 e. The molecule has 0 N–H and O–H groups in total. The standard InChI is InChI=1S/C18H19N3O3/c22-18(17-13-23-15-3-1-2-4-16(15)24-17)21-11-9-20(10-12-21)14-5-7-19-8-6-14/h1-8,17H,9-13H2. The zero-order valence-corrected chi connectivity index (χ0v) is 13.3. The molecular weight excluding hydrogens is 306 g/mol. The maximum Gasteiger partial charge on any atom is 0.267 e. The third kappa shape index (κ3) is 2.87. The molecule has 2 aliphatic heterocycles. The molecule has 1 atom stereocenters. The van der Waals surface area contributed by atoms with Gasteiger partial charge < -0.3 is 19.3 Å². The van der Waals surface area contributed by atoms with Crippen molar-refractivity contribution in [1.29, 1.82) is 0 Å². The number of piperazine rings is 1. The second kappa shape index (κ2) is 6.39. The predicted octanol–water partition coefficient (Wildman–Crippen LogP) is 1.57. The molecule has 24 heavy (non-hydrogen) atoms. The van der Waals surface area contributed by atoms with Crippen LogP contribution in [0.1, 0.15) is 0 Å². The summed E-state index contributed by atoms with van der Waals surface area (Å²) in [6, 6.07) is 11.4. The number of rotatable bonds is 2. The zero-order chi connectivity index (χ0) is 16.4. The van der Waals surface area contributed by atoms with Crippen LogP contribution in [-0.2, 0) is 4.79 Å². The Morgan fingerprint density at radius 2 is 1.71 bits per heavy atom. The van der Waals surface area contributed by atoms with Gasteiger partial charge in [0.2, 0.25) is 6.10 Å². The van der Waals surface area contributed by atoms with E-state index in [1.807, 2.05) is 41.3 Å². The first kappa shape index (κ1) is 14.8. The number of amides is 1. The summed E-state index contributed by atoms with van der Waals surface area (Å²) in [6.45, 7) is 3.24. The molecule has 1 amide bonds. The first-order valence-electron chi connectivity index (χ1n) is 8.13. The number of anilines is 1. The van der Waals surface area contributed by atoms with E-state index in [1.165, 1.54) is 0 Å². The molecule has 0 bridgehead atoms. The number of para-hydroxylation sites is 2. The van der Waals surface area contributed by atoms with E-state index in [9.17, 15) is 4.79 Å². The second-order valence-electron chi connectivity index (χ2n) is 5.88. The number of pyridine rings is 1. The fourth-order valence-electron chi connectivity index (χ4n) is 3.08. The summed E-state index contributed by atoms with van der Waals surface area (Å²) in [7, 11) is 0. The van der Waals surface area contributed by atoms with Crippen molar-refractivity contribution in [2.24, 2.45) is 0 Å². The highest BCUT2D eigenvalue weighted by molar-refractivity contribution is 5.82. The van der Waals surface area contributed by atoms with Gasteiger partial charge in [0.25, 0.3) is 5.91 Å². The van der Waals surface area contributed by atoms with Gasteiger partial charge in [-0.1, -0.05) is 12.1 Å². The largest absolute Gasteiger partial charge is 0.485 e. The van der Waals surface area contributed by atoms with Gasteiger partial charge in [0.15, 0.2) is 11.5 Å². The van der Waals surface area contributed by atoms with Crippen molar-refractivity contribution in [2.45, 2.75) is 6.10 Å². The van der Waals surface area contributed by atoms with Crippen LogP contribution in [0, 0.1) is 0 Å². The average molecular weight is 325 g/mol. The Kier molecular flexibility index (Phi) is 3.94. The topological polar surface area (TPSA) is 54.9 Å². The van der Waals surface area contributed by atoms with Gasteiger partial charge in [0, 0.05) is 44.3 Å². The Balaban J connectivity index is 1.37. The van der Waals surface area contributed by atoms with E-state index in [4.69, 9.17) is 9.47 Å². The van der Waals surface area contributed by atoms with Gasteiger partial charge in [0.05, 0.1) is 0 Å². The molecule has 0 radical (unpaired) electrons. The van der Waals surface area contributed by atoms with E-state index in [2.05, 4.69) is 9.88 Å². The van der Waals surface area contributed by atoms with Gasteiger partial charge in [-0.25, -0.2) is 0 Å². The number of hydrogen-bond acceptors (Lipinski definition) is 5. The van der Waals surface area contributed by atoms with Crippen LogP contribution in [0.5, 0.6) is 11.5 Å². The molecule has 0 spiro atoms. The molecule has 0 saturated carbocycles. The maximum absolute atomic E-state index is 12.7. The van der Waals surface area contributed by atoms with E-state index in [0.29, 0.717) is 24.6 Å². The normalized spacial score (nSPS) is 19.9. The monoisotopic (exact) mass is 325 g/mol. The van der Waals surface area contributed by atoms with Gasteiger partial charge in [-0.3, -0.25) is 9.78 Å². The van der Waals surface area contributed by atoms with Gasteiger partial charge in [-0.2, -0.15) is 0 Å². The number of aromatic nitrogens is 1. The molecule has 6 nitrogen and oxygen atoms in total. The van der Waals surface area contributed by atoms with Crippen LogP contribution in [0.2, 0.25) is 0 Å². The van der Waals surface area contributed by atoms with Gasteiger partial charge in [0.1, 0.15) is 6.61 Å². The van der Waals surface area contributed by atoms with Crippen molar-refractivity contribution in [3.05, 3.63) is 48.8 Å². The van der Waals surface area contributed by atoms with Gasteiger partial charge in [-0.15, -0.1) is 0 Å². The van der Waals surface area contributed by atoms with E-state index in [-0.39, 0.29) is 12.5 Å². The molecule has 1 aromatic heterocycles. The minimum atomic E-state index is -0.563. The minimum absolute atomic E-state index is 0.00104. The second-order valence-corrected chi connectivity index (χ2v) is 5.88. The van der Waals surface area contributed by atoms with Gasteiger partial charge in [-0.05, 0) is 24.3 Å². The highest BCUT2D eigenvalue weighted by Gasteiger charge is 2.32. The Hall–Kier alpha value is -2.76. The third-order valence-electron chi connectivity index (χ3n) is 4.40. The van der Waals surface area contributed by atoms with Crippen molar-refractivity contribution in [1.82, 2.24) is 9.88 Å². The number of ether oxygens (including phenoxy) is 2.